The number of pyridine rings is 1. The quantitative estimate of drug-likeness (QED) is 0.905. The number of ether oxygens (including phenoxy) is 1. The van der Waals surface area contributed by atoms with E-state index in [1.165, 1.54) is 6.07 Å². The Morgan fingerprint density at radius 2 is 2.00 bits per heavy atom. The van der Waals surface area contributed by atoms with Crippen LogP contribution < -0.4 is 10.5 Å². The monoisotopic (exact) mass is 246 g/mol. The van der Waals surface area contributed by atoms with Gasteiger partial charge in [-0.05, 0) is 37.6 Å². The number of halogens is 1. The maximum Gasteiger partial charge on any atom is 0.224 e. The molecule has 2 aromatic rings. The Labute approximate surface area is 105 Å². The SMILES string of the molecule is Cc1ccc(F)c(Oc2nc(C)ccc2CN)c1. The number of aryl methyl sites for hydroxylation is 2. The van der Waals surface area contributed by atoms with Gasteiger partial charge < -0.3 is 10.5 Å². The maximum atomic E-state index is 13.6. The van der Waals surface area contributed by atoms with E-state index >= 15 is 0 Å². The first-order valence-corrected chi connectivity index (χ1v) is 5.70. The lowest BCUT2D eigenvalue weighted by Gasteiger charge is -2.10. The summed E-state index contributed by atoms with van der Waals surface area (Å²) in [6.45, 7) is 4.02. The van der Waals surface area contributed by atoms with Crippen molar-refractivity contribution >= 4 is 0 Å². The van der Waals surface area contributed by atoms with Crippen LogP contribution in [0.25, 0.3) is 0 Å². The van der Waals surface area contributed by atoms with Crippen LogP contribution in [0.3, 0.4) is 0 Å². The van der Waals surface area contributed by atoms with Crippen molar-refractivity contribution in [3.05, 3.63) is 53.0 Å². The molecule has 0 saturated heterocycles. The fourth-order valence-electron chi connectivity index (χ4n) is 1.60. The summed E-state index contributed by atoms with van der Waals surface area (Å²) in [6.07, 6.45) is 0. The molecule has 1 aromatic heterocycles. The third kappa shape index (κ3) is 2.65. The molecule has 0 atom stereocenters. The van der Waals surface area contributed by atoms with Crippen LogP contribution in [0.15, 0.2) is 30.3 Å². The van der Waals surface area contributed by atoms with Gasteiger partial charge in [0.25, 0.3) is 0 Å². The molecule has 0 aliphatic rings. The number of benzene rings is 1. The van der Waals surface area contributed by atoms with Gasteiger partial charge in [-0.2, -0.15) is 0 Å². The van der Waals surface area contributed by atoms with Crippen LogP contribution in [0, 0.1) is 19.7 Å². The maximum absolute atomic E-state index is 13.6. The first kappa shape index (κ1) is 12.5. The van der Waals surface area contributed by atoms with Crippen molar-refractivity contribution < 1.29 is 9.13 Å². The normalized spacial score (nSPS) is 10.4. The average Bonchev–Trinajstić information content (AvgIpc) is 2.34. The molecule has 3 nitrogen and oxygen atoms in total. The summed E-state index contributed by atoms with van der Waals surface area (Å²) in [7, 11) is 0. The number of hydrogen-bond acceptors (Lipinski definition) is 3. The van der Waals surface area contributed by atoms with Gasteiger partial charge in [-0.3, -0.25) is 0 Å². The first-order valence-electron chi connectivity index (χ1n) is 5.70. The smallest absolute Gasteiger partial charge is 0.224 e. The summed E-state index contributed by atoms with van der Waals surface area (Å²) in [4.78, 5) is 4.24. The molecule has 0 saturated carbocycles. The van der Waals surface area contributed by atoms with E-state index < -0.39 is 5.82 Å². The lowest BCUT2D eigenvalue weighted by molar-refractivity contribution is 0.421. The summed E-state index contributed by atoms with van der Waals surface area (Å²) in [5.41, 5.74) is 8.09. The van der Waals surface area contributed by atoms with Crippen LogP contribution in [-0.4, -0.2) is 4.98 Å². The van der Waals surface area contributed by atoms with Crippen molar-refractivity contribution in [1.82, 2.24) is 4.98 Å². The number of nitrogens with two attached hydrogens (primary N) is 1. The molecule has 4 heteroatoms. The van der Waals surface area contributed by atoms with Crippen LogP contribution >= 0.6 is 0 Å². The molecule has 0 aliphatic heterocycles. The zero-order valence-corrected chi connectivity index (χ0v) is 10.4. The molecule has 0 bridgehead atoms. The molecule has 0 unspecified atom stereocenters. The second kappa shape index (κ2) is 5.14. The average molecular weight is 246 g/mol. The molecule has 1 aromatic carbocycles. The van der Waals surface area contributed by atoms with E-state index in [-0.39, 0.29) is 5.75 Å². The largest absolute Gasteiger partial charge is 0.436 e. The highest BCUT2D eigenvalue weighted by atomic mass is 19.1. The highest BCUT2D eigenvalue weighted by Crippen LogP contribution is 2.26. The molecular formula is C14H15FN2O. The van der Waals surface area contributed by atoms with Gasteiger partial charge in [0, 0.05) is 17.8 Å². The van der Waals surface area contributed by atoms with Crippen LogP contribution in [0.1, 0.15) is 16.8 Å². The van der Waals surface area contributed by atoms with Gasteiger partial charge in [0.1, 0.15) is 0 Å². The molecule has 0 spiro atoms. The summed E-state index contributed by atoms with van der Waals surface area (Å²) in [5.74, 6) is 0.122. The molecule has 0 amide bonds. The minimum atomic E-state index is -0.410. The fourth-order valence-corrected chi connectivity index (χ4v) is 1.60. The van der Waals surface area contributed by atoms with Gasteiger partial charge in [-0.15, -0.1) is 0 Å². The third-order valence-corrected chi connectivity index (χ3v) is 2.59. The van der Waals surface area contributed by atoms with Crippen molar-refractivity contribution in [3.63, 3.8) is 0 Å². The summed E-state index contributed by atoms with van der Waals surface area (Å²) >= 11 is 0. The van der Waals surface area contributed by atoms with E-state index in [4.69, 9.17) is 10.5 Å². The molecular weight excluding hydrogens is 231 g/mol. The number of hydrogen-bond donors (Lipinski definition) is 1. The molecule has 1 heterocycles. The van der Waals surface area contributed by atoms with E-state index in [1.807, 2.05) is 26.0 Å². The molecule has 0 fully saturated rings. The van der Waals surface area contributed by atoms with E-state index in [0.29, 0.717) is 12.4 Å². The van der Waals surface area contributed by atoms with E-state index in [9.17, 15) is 4.39 Å². The topological polar surface area (TPSA) is 48.1 Å². The fraction of sp³-hybridized carbons (Fsp3) is 0.214. The predicted octanol–water partition coefficient (Wildman–Crippen LogP) is 3.09. The number of nitrogens with zero attached hydrogens (tertiary/aromatic N) is 1. The Morgan fingerprint density at radius 3 is 2.72 bits per heavy atom. The van der Waals surface area contributed by atoms with E-state index in [0.717, 1.165) is 16.8 Å². The Hall–Kier alpha value is -1.94. The Bertz CT molecular complexity index is 570. The third-order valence-electron chi connectivity index (χ3n) is 2.59. The lowest BCUT2D eigenvalue weighted by atomic mass is 10.2. The second-order valence-corrected chi connectivity index (χ2v) is 4.16. The number of rotatable bonds is 3. The van der Waals surface area contributed by atoms with E-state index in [2.05, 4.69) is 4.98 Å². The zero-order chi connectivity index (χ0) is 13.1. The van der Waals surface area contributed by atoms with Crippen molar-refractivity contribution in [3.8, 4) is 11.6 Å². The minimum absolute atomic E-state index is 0.169. The van der Waals surface area contributed by atoms with Crippen LogP contribution in [0.4, 0.5) is 4.39 Å². The van der Waals surface area contributed by atoms with Crippen molar-refractivity contribution in [2.75, 3.05) is 0 Å². The molecule has 94 valence electrons. The van der Waals surface area contributed by atoms with Gasteiger partial charge in [0.15, 0.2) is 11.6 Å². The highest BCUT2D eigenvalue weighted by Gasteiger charge is 2.09. The van der Waals surface area contributed by atoms with Gasteiger partial charge >= 0.3 is 0 Å². The first-order chi connectivity index (χ1) is 8.60. The van der Waals surface area contributed by atoms with Gasteiger partial charge in [-0.1, -0.05) is 12.1 Å². The van der Waals surface area contributed by atoms with Crippen molar-refractivity contribution in [2.45, 2.75) is 20.4 Å². The van der Waals surface area contributed by atoms with Crippen LogP contribution in [0.5, 0.6) is 11.6 Å². The Kier molecular flexibility index (Phi) is 3.58. The van der Waals surface area contributed by atoms with Gasteiger partial charge in [0.2, 0.25) is 5.88 Å². The Morgan fingerprint density at radius 1 is 1.22 bits per heavy atom. The molecule has 0 radical (unpaired) electrons. The van der Waals surface area contributed by atoms with Gasteiger partial charge in [-0.25, -0.2) is 9.37 Å². The summed E-state index contributed by atoms with van der Waals surface area (Å²) < 4.78 is 19.1. The lowest BCUT2D eigenvalue weighted by Crippen LogP contribution is -2.02. The predicted molar refractivity (Wildman–Crippen MR) is 68.1 cm³/mol. The van der Waals surface area contributed by atoms with E-state index in [1.54, 1.807) is 12.1 Å². The molecule has 2 rings (SSSR count). The van der Waals surface area contributed by atoms with Gasteiger partial charge in [0.05, 0.1) is 0 Å². The van der Waals surface area contributed by atoms with Crippen LogP contribution in [-0.2, 0) is 6.54 Å². The minimum Gasteiger partial charge on any atom is -0.436 e. The van der Waals surface area contributed by atoms with Crippen molar-refractivity contribution in [2.24, 2.45) is 5.73 Å². The summed E-state index contributed by atoms with van der Waals surface area (Å²) in [5, 5.41) is 0. The standard InChI is InChI=1S/C14H15FN2O/c1-9-3-6-12(15)13(7-9)18-14-11(8-16)5-4-10(2)17-14/h3-7H,8,16H2,1-2H3. The van der Waals surface area contributed by atoms with Crippen molar-refractivity contribution in [1.29, 1.82) is 0 Å². The zero-order valence-electron chi connectivity index (χ0n) is 10.4. The molecule has 18 heavy (non-hydrogen) atoms. The Balaban J connectivity index is 2.38. The molecule has 0 aliphatic carbocycles. The highest BCUT2D eigenvalue weighted by molar-refractivity contribution is 5.36. The second-order valence-electron chi connectivity index (χ2n) is 4.16. The molecule has 2 N–H and O–H groups in total. The summed E-state index contributed by atoms with van der Waals surface area (Å²) in [6, 6.07) is 8.39. The number of aromatic nitrogens is 1. The van der Waals surface area contributed by atoms with Crippen LogP contribution in [0.2, 0.25) is 0 Å².